The molecule has 13 heavy (non-hydrogen) atoms. The molecule has 0 spiro atoms. The molecule has 4 heteroatoms. The summed E-state index contributed by atoms with van der Waals surface area (Å²) in [4.78, 5) is 13.0. The highest BCUT2D eigenvalue weighted by molar-refractivity contribution is 5.73. The lowest BCUT2D eigenvalue weighted by molar-refractivity contribution is 0.208. The van der Waals surface area contributed by atoms with E-state index in [0.29, 0.717) is 0 Å². The van der Waals surface area contributed by atoms with Crippen LogP contribution in [0.25, 0.3) is 0 Å². The molecule has 0 rings (SSSR count). The summed E-state index contributed by atoms with van der Waals surface area (Å²) in [6, 6.07) is 0.0259. The highest BCUT2D eigenvalue weighted by Crippen LogP contribution is 1.87. The second-order valence-electron chi connectivity index (χ2n) is 3.11. The van der Waals surface area contributed by atoms with Crippen LogP contribution in [0.4, 0.5) is 4.79 Å². The monoisotopic (exact) mass is 187 g/mol. The van der Waals surface area contributed by atoms with Crippen LogP contribution in [0.3, 0.4) is 0 Å². The van der Waals surface area contributed by atoms with Gasteiger partial charge in [-0.05, 0) is 26.4 Å². The van der Waals surface area contributed by atoms with Crippen molar-refractivity contribution in [2.24, 2.45) is 0 Å². The molecule has 0 saturated carbocycles. The number of carbonyl (C=O) groups is 1. The van der Waals surface area contributed by atoms with Crippen LogP contribution in [0.2, 0.25) is 0 Å². The zero-order valence-corrected chi connectivity index (χ0v) is 8.89. The van der Waals surface area contributed by atoms with Gasteiger partial charge in [-0.25, -0.2) is 4.79 Å². The van der Waals surface area contributed by atoms with Gasteiger partial charge in [0, 0.05) is 20.1 Å². The van der Waals surface area contributed by atoms with E-state index >= 15 is 0 Å². The molecule has 0 aromatic rings. The molecule has 0 heterocycles. The quantitative estimate of drug-likeness (QED) is 0.600. The summed E-state index contributed by atoms with van der Waals surface area (Å²) in [6.07, 6.45) is 1.97. The number of hydrogen-bond donors (Lipinski definition) is 2. The third-order valence-corrected chi connectivity index (χ3v) is 1.79. The predicted octanol–water partition coefficient (Wildman–Crippen LogP) is 0.647. The molecular formula is C9H21N3O. The van der Waals surface area contributed by atoms with E-state index < -0.39 is 0 Å². The van der Waals surface area contributed by atoms with Gasteiger partial charge in [-0.1, -0.05) is 6.92 Å². The zero-order valence-electron chi connectivity index (χ0n) is 8.89. The number of nitrogens with one attached hydrogen (secondary N) is 2. The molecule has 2 amide bonds. The summed E-state index contributed by atoms with van der Waals surface area (Å²) >= 11 is 0. The standard InChI is InChI=1S/C9H21N3O/c1-4-6-11-9(13)12(3)8-5-7-10-2/h10H,4-8H2,1-3H3,(H,11,13). The highest BCUT2D eigenvalue weighted by atomic mass is 16.2. The van der Waals surface area contributed by atoms with E-state index in [0.717, 1.165) is 32.5 Å². The Morgan fingerprint density at radius 3 is 2.62 bits per heavy atom. The second kappa shape index (κ2) is 7.86. The maximum absolute atomic E-state index is 11.3. The van der Waals surface area contributed by atoms with Crippen molar-refractivity contribution in [3.63, 3.8) is 0 Å². The van der Waals surface area contributed by atoms with Gasteiger partial charge >= 0.3 is 6.03 Å². The summed E-state index contributed by atoms with van der Waals surface area (Å²) in [7, 11) is 3.73. The van der Waals surface area contributed by atoms with E-state index in [-0.39, 0.29) is 6.03 Å². The number of hydrogen-bond acceptors (Lipinski definition) is 2. The smallest absolute Gasteiger partial charge is 0.317 e. The summed E-state index contributed by atoms with van der Waals surface area (Å²) in [5.74, 6) is 0. The van der Waals surface area contributed by atoms with Crippen molar-refractivity contribution < 1.29 is 4.79 Å². The van der Waals surface area contributed by atoms with E-state index in [1.165, 1.54) is 0 Å². The molecule has 0 aliphatic heterocycles. The van der Waals surface area contributed by atoms with Crippen molar-refractivity contribution in [3.8, 4) is 0 Å². The first-order chi connectivity index (χ1) is 6.22. The molecule has 0 aromatic carbocycles. The Hall–Kier alpha value is -0.770. The highest BCUT2D eigenvalue weighted by Gasteiger charge is 2.05. The number of rotatable bonds is 6. The van der Waals surface area contributed by atoms with Gasteiger partial charge in [0.2, 0.25) is 0 Å². The topological polar surface area (TPSA) is 44.4 Å². The molecule has 0 aliphatic rings. The Bertz CT molecular complexity index is 139. The molecule has 0 bridgehead atoms. The minimum atomic E-state index is 0.0259. The molecule has 0 atom stereocenters. The zero-order chi connectivity index (χ0) is 10.1. The average molecular weight is 187 g/mol. The first-order valence-corrected chi connectivity index (χ1v) is 4.86. The Morgan fingerprint density at radius 2 is 2.08 bits per heavy atom. The van der Waals surface area contributed by atoms with Crippen LogP contribution < -0.4 is 10.6 Å². The molecule has 0 radical (unpaired) electrons. The van der Waals surface area contributed by atoms with E-state index in [1.54, 1.807) is 4.90 Å². The summed E-state index contributed by atoms with van der Waals surface area (Å²) in [5, 5.41) is 5.87. The lowest BCUT2D eigenvalue weighted by Crippen LogP contribution is -2.38. The van der Waals surface area contributed by atoms with Crippen LogP contribution in [0, 0.1) is 0 Å². The van der Waals surface area contributed by atoms with E-state index in [4.69, 9.17) is 0 Å². The Morgan fingerprint density at radius 1 is 1.38 bits per heavy atom. The Kier molecular flexibility index (Phi) is 7.39. The number of nitrogens with zero attached hydrogens (tertiary/aromatic N) is 1. The number of amides is 2. The van der Waals surface area contributed by atoms with E-state index in [1.807, 2.05) is 21.0 Å². The molecule has 0 aliphatic carbocycles. The summed E-state index contributed by atoms with van der Waals surface area (Å²) < 4.78 is 0. The molecule has 2 N–H and O–H groups in total. The van der Waals surface area contributed by atoms with E-state index in [2.05, 4.69) is 10.6 Å². The van der Waals surface area contributed by atoms with Gasteiger partial charge in [-0.15, -0.1) is 0 Å². The van der Waals surface area contributed by atoms with Gasteiger partial charge in [0.1, 0.15) is 0 Å². The summed E-state index contributed by atoms with van der Waals surface area (Å²) in [5.41, 5.74) is 0. The largest absolute Gasteiger partial charge is 0.338 e. The molecular weight excluding hydrogens is 166 g/mol. The lowest BCUT2D eigenvalue weighted by Gasteiger charge is -2.17. The third-order valence-electron chi connectivity index (χ3n) is 1.79. The maximum atomic E-state index is 11.3. The fourth-order valence-corrected chi connectivity index (χ4v) is 0.961. The van der Waals surface area contributed by atoms with Crippen molar-refractivity contribution in [3.05, 3.63) is 0 Å². The van der Waals surface area contributed by atoms with Crippen molar-refractivity contribution in [2.75, 3.05) is 33.7 Å². The van der Waals surface area contributed by atoms with Crippen molar-refractivity contribution in [2.45, 2.75) is 19.8 Å². The number of urea groups is 1. The first-order valence-electron chi connectivity index (χ1n) is 4.86. The van der Waals surface area contributed by atoms with Crippen LogP contribution in [-0.4, -0.2) is 44.7 Å². The van der Waals surface area contributed by atoms with Crippen molar-refractivity contribution >= 4 is 6.03 Å². The molecule has 0 aromatic heterocycles. The van der Waals surface area contributed by atoms with Crippen molar-refractivity contribution in [1.82, 2.24) is 15.5 Å². The van der Waals surface area contributed by atoms with Crippen LogP contribution >= 0.6 is 0 Å². The molecule has 4 nitrogen and oxygen atoms in total. The molecule has 0 unspecified atom stereocenters. The normalized spacial score (nSPS) is 9.77. The average Bonchev–Trinajstić information content (AvgIpc) is 2.14. The number of carbonyl (C=O) groups excluding carboxylic acids is 1. The first kappa shape index (κ1) is 12.2. The SMILES string of the molecule is CCCNC(=O)N(C)CCCNC. The van der Waals surface area contributed by atoms with Gasteiger partial charge in [0.25, 0.3) is 0 Å². The predicted molar refractivity (Wildman–Crippen MR) is 54.9 cm³/mol. The van der Waals surface area contributed by atoms with Crippen LogP contribution in [0.5, 0.6) is 0 Å². The third kappa shape index (κ3) is 6.40. The minimum absolute atomic E-state index is 0.0259. The Labute approximate surface area is 80.7 Å². The van der Waals surface area contributed by atoms with Crippen LogP contribution in [0.1, 0.15) is 19.8 Å². The second-order valence-corrected chi connectivity index (χ2v) is 3.11. The minimum Gasteiger partial charge on any atom is -0.338 e. The fourth-order valence-electron chi connectivity index (χ4n) is 0.961. The lowest BCUT2D eigenvalue weighted by atomic mass is 10.4. The van der Waals surface area contributed by atoms with Gasteiger partial charge in [-0.3, -0.25) is 0 Å². The van der Waals surface area contributed by atoms with E-state index in [9.17, 15) is 4.79 Å². The molecule has 0 fully saturated rings. The van der Waals surface area contributed by atoms with Crippen LogP contribution in [-0.2, 0) is 0 Å². The maximum Gasteiger partial charge on any atom is 0.317 e. The van der Waals surface area contributed by atoms with Gasteiger partial charge in [0.05, 0.1) is 0 Å². The molecule has 0 saturated heterocycles. The van der Waals surface area contributed by atoms with Gasteiger partial charge < -0.3 is 15.5 Å². The molecule has 78 valence electrons. The van der Waals surface area contributed by atoms with Gasteiger partial charge in [-0.2, -0.15) is 0 Å². The van der Waals surface area contributed by atoms with Crippen LogP contribution in [0.15, 0.2) is 0 Å². The Balaban J connectivity index is 3.45. The van der Waals surface area contributed by atoms with Gasteiger partial charge in [0.15, 0.2) is 0 Å². The van der Waals surface area contributed by atoms with Crippen molar-refractivity contribution in [1.29, 1.82) is 0 Å². The summed E-state index contributed by atoms with van der Waals surface area (Å²) in [6.45, 7) is 4.55. The fraction of sp³-hybridized carbons (Fsp3) is 0.889.